The number of rotatable bonds is 6. The zero-order chi connectivity index (χ0) is 18.4. The molecule has 6 heteroatoms. The van der Waals surface area contributed by atoms with Gasteiger partial charge in [0.25, 0.3) is 0 Å². The Balaban J connectivity index is 1.57. The van der Waals surface area contributed by atoms with Gasteiger partial charge >= 0.3 is 0 Å². The molecule has 3 rings (SSSR count). The van der Waals surface area contributed by atoms with Crippen LogP contribution < -0.4 is 10.6 Å². The van der Waals surface area contributed by atoms with Crippen molar-refractivity contribution in [3.8, 4) is 0 Å². The van der Waals surface area contributed by atoms with Crippen LogP contribution in [0.3, 0.4) is 0 Å². The quantitative estimate of drug-likeness (QED) is 0.617. The molecule has 0 spiro atoms. The number of hydrogen-bond acceptors (Lipinski definition) is 3. The molecule has 1 fully saturated rings. The summed E-state index contributed by atoms with van der Waals surface area (Å²) in [4.78, 5) is 18.7. The molecule has 1 saturated heterocycles. The molecule has 26 heavy (non-hydrogen) atoms. The van der Waals surface area contributed by atoms with Gasteiger partial charge in [-0.3, -0.25) is 4.79 Å². The van der Waals surface area contributed by atoms with Gasteiger partial charge < -0.3 is 20.0 Å². The summed E-state index contributed by atoms with van der Waals surface area (Å²) in [6.45, 7) is 7.71. The number of carbonyl (C=O) groups is 1. The fourth-order valence-electron chi connectivity index (χ4n) is 3.28. The molecule has 2 heterocycles. The lowest BCUT2D eigenvalue weighted by atomic mass is 10.1. The van der Waals surface area contributed by atoms with E-state index < -0.39 is 0 Å². The topological polar surface area (TPSA) is 69.9 Å². The molecular formula is C20H28N4O2. The maximum absolute atomic E-state index is 12.1. The zero-order valence-electron chi connectivity index (χ0n) is 15.7. The van der Waals surface area contributed by atoms with Crippen molar-refractivity contribution in [3.05, 3.63) is 35.6 Å². The first kappa shape index (κ1) is 18.3. The number of benzene rings is 1. The number of aryl methyl sites for hydroxylation is 1. The Kier molecular flexibility index (Phi) is 6.15. The number of amides is 1. The van der Waals surface area contributed by atoms with Crippen LogP contribution in [0, 0.1) is 6.92 Å². The van der Waals surface area contributed by atoms with Crippen molar-refractivity contribution in [2.45, 2.75) is 39.7 Å². The highest BCUT2D eigenvalue weighted by Crippen LogP contribution is 2.25. The summed E-state index contributed by atoms with van der Waals surface area (Å²) in [7, 11) is 0. The second-order valence-electron chi connectivity index (χ2n) is 6.61. The van der Waals surface area contributed by atoms with Gasteiger partial charge in [-0.25, -0.2) is 4.99 Å². The number of fused-ring (bicyclic) bond motifs is 1. The van der Waals surface area contributed by atoms with Crippen molar-refractivity contribution < 1.29 is 9.21 Å². The standard InChI is InChI=1S/C20H28N4O2/c1-3-21-20(22-11-10-19(25)24-12-6-7-13-24)23-14-18-15(2)16-8-4-5-9-17(16)26-18/h4-5,8-9H,3,6-7,10-14H2,1-2H3,(H2,21,22,23). The lowest BCUT2D eigenvalue weighted by Crippen LogP contribution is -2.39. The minimum Gasteiger partial charge on any atom is -0.459 e. The van der Waals surface area contributed by atoms with Crippen molar-refractivity contribution in [3.63, 3.8) is 0 Å². The molecular weight excluding hydrogens is 328 g/mol. The molecule has 0 radical (unpaired) electrons. The summed E-state index contributed by atoms with van der Waals surface area (Å²) in [5.41, 5.74) is 2.02. The van der Waals surface area contributed by atoms with E-state index in [9.17, 15) is 4.79 Å². The number of hydrogen-bond donors (Lipinski definition) is 2. The highest BCUT2D eigenvalue weighted by molar-refractivity contribution is 5.83. The van der Waals surface area contributed by atoms with E-state index in [1.54, 1.807) is 0 Å². The van der Waals surface area contributed by atoms with Gasteiger partial charge in [-0.05, 0) is 32.8 Å². The van der Waals surface area contributed by atoms with Crippen molar-refractivity contribution in [2.75, 3.05) is 26.2 Å². The molecule has 1 amide bonds. The fraction of sp³-hybridized carbons (Fsp3) is 0.500. The van der Waals surface area contributed by atoms with Gasteiger partial charge in [0.05, 0.1) is 0 Å². The molecule has 1 aliphatic rings. The Bertz CT molecular complexity index is 775. The number of para-hydroxylation sites is 1. The van der Waals surface area contributed by atoms with Crippen molar-refractivity contribution in [1.82, 2.24) is 15.5 Å². The normalized spacial score (nSPS) is 14.8. The summed E-state index contributed by atoms with van der Waals surface area (Å²) in [6.07, 6.45) is 2.74. The number of nitrogens with zero attached hydrogens (tertiary/aromatic N) is 2. The van der Waals surface area contributed by atoms with Crippen molar-refractivity contribution >= 4 is 22.8 Å². The van der Waals surface area contributed by atoms with Crippen LogP contribution in [0.25, 0.3) is 11.0 Å². The van der Waals surface area contributed by atoms with Gasteiger partial charge in [0.1, 0.15) is 17.9 Å². The van der Waals surface area contributed by atoms with E-state index in [0.717, 1.165) is 54.8 Å². The smallest absolute Gasteiger partial charge is 0.224 e. The van der Waals surface area contributed by atoms with E-state index in [2.05, 4.69) is 28.6 Å². The van der Waals surface area contributed by atoms with E-state index in [1.165, 1.54) is 0 Å². The number of aliphatic imine (C=N–C) groups is 1. The Morgan fingerprint density at radius 1 is 1.23 bits per heavy atom. The largest absolute Gasteiger partial charge is 0.459 e. The number of carbonyl (C=O) groups excluding carboxylic acids is 1. The van der Waals surface area contributed by atoms with E-state index >= 15 is 0 Å². The molecule has 2 aromatic rings. The van der Waals surface area contributed by atoms with Crippen LogP contribution in [0.5, 0.6) is 0 Å². The van der Waals surface area contributed by atoms with Crippen LogP contribution in [0.1, 0.15) is 37.5 Å². The molecule has 2 N–H and O–H groups in total. The van der Waals surface area contributed by atoms with Crippen molar-refractivity contribution in [1.29, 1.82) is 0 Å². The lowest BCUT2D eigenvalue weighted by Gasteiger charge is -2.16. The molecule has 1 aromatic carbocycles. The summed E-state index contributed by atoms with van der Waals surface area (Å²) in [5.74, 6) is 1.80. The second kappa shape index (κ2) is 8.74. The maximum atomic E-state index is 12.1. The number of likely N-dealkylation sites (tertiary alicyclic amines) is 1. The van der Waals surface area contributed by atoms with E-state index in [0.29, 0.717) is 25.5 Å². The van der Waals surface area contributed by atoms with Gasteiger partial charge in [0, 0.05) is 43.5 Å². The van der Waals surface area contributed by atoms with Crippen LogP contribution >= 0.6 is 0 Å². The second-order valence-corrected chi connectivity index (χ2v) is 6.61. The highest BCUT2D eigenvalue weighted by Gasteiger charge is 2.17. The zero-order valence-corrected chi connectivity index (χ0v) is 15.7. The number of furan rings is 1. The van der Waals surface area contributed by atoms with Gasteiger partial charge in [-0.1, -0.05) is 18.2 Å². The van der Waals surface area contributed by atoms with Crippen molar-refractivity contribution in [2.24, 2.45) is 4.99 Å². The minimum absolute atomic E-state index is 0.221. The first-order valence-corrected chi connectivity index (χ1v) is 9.46. The van der Waals surface area contributed by atoms with E-state index in [4.69, 9.17) is 4.42 Å². The number of guanidine groups is 1. The third kappa shape index (κ3) is 4.36. The highest BCUT2D eigenvalue weighted by atomic mass is 16.3. The molecule has 6 nitrogen and oxygen atoms in total. The molecule has 0 saturated carbocycles. The summed E-state index contributed by atoms with van der Waals surface area (Å²) < 4.78 is 5.91. The van der Waals surface area contributed by atoms with E-state index in [1.807, 2.05) is 30.0 Å². The van der Waals surface area contributed by atoms with E-state index in [-0.39, 0.29) is 5.91 Å². The summed E-state index contributed by atoms with van der Waals surface area (Å²) in [5, 5.41) is 7.60. The maximum Gasteiger partial charge on any atom is 0.224 e. The molecule has 140 valence electrons. The van der Waals surface area contributed by atoms with Gasteiger partial charge in [0.15, 0.2) is 5.96 Å². The minimum atomic E-state index is 0.221. The average Bonchev–Trinajstić information content (AvgIpc) is 3.29. The lowest BCUT2D eigenvalue weighted by molar-refractivity contribution is -0.129. The molecule has 0 bridgehead atoms. The van der Waals surface area contributed by atoms with Crippen LogP contribution in [0.2, 0.25) is 0 Å². The Hall–Kier alpha value is -2.50. The van der Waals surface area contributed by atoms with Gasteiger partial charge in [-0.15, -0.1) is 0 Å². The third-order valence-electron chi connectivity index (χ3n) is 4.76. The molecule has 0 aliphatic carbocycles. The predicted octanol–water partition coefficient (Wildman–Crippen LogP) is 2.81. The van der Waals surface area contributed by atoms with Crippen LogP contribution in [-0.4, -0.2) is 42.9 Å². The Morgan fingerprint density at radius 3 is 2.73 bits per heavy atom. The molecule has 1 aromatic heterocycles. The Labute approximate surface area is 154 Å². The first-order valence-electron chi connectivity index (χ1n) is 9.46. The SMILES string of the molecule is CCNC(=NCc1oc2ccccc2c1C)NCCC(=O)N1CCCC1. The van der Waals surface area contributed by atoms with Crippen LogP contribution in [0.4, 0.5) is 0 Å². The Morgan fingerprint density at radius 2 is 2.00 bits per heavy atom. The average molecular weight is 356 g/mol. The van der Waals surface area contributed by atoms with Crippen LogP contribution in [0.15, 0.2) is 33.7 Å². The summed E-state index contributed by atoms with van der Waals surface area (Å²) in [6, 6.07) is 8.03. The fourth-order valence-corrected chi connectivity index (χ4v) is 3.28. The predicted molar refractivity (Wildman–Crippen MR) is 104 cm³/mol. The van der Waals surface area contributed by atoms with Gasteiger partial charge in [0.2, 0.25) is 5.91 Å². The first-order chi connectivity index (χ1) is 12.7. The molecule has 1 aliphatic heterocycles. The monoisotopic (exact) mass is 356 g/mol. The molecule has 0 atom stereocenters. The number of nitrogens with one attached hydrogen (secondary N) is 2. The van der Waals surface area contributed by atoms with Gasteiger partial charge in [-0.2, -0.15) is 0 Å². The van der Waals surface area contributed by atoms with Crippen LogP contribution in [-0.2, 0) is 11.3 Å². The molecule has 0 unspecified atom stereocenters. The summed E-state index contributed by atoms with van der Waals surface area (Å²) >= 11 is 0. The third-order valence-corrected chi connectivity index (χ3v) is 4.76.